The van der Waals surface area contributed by atoms with Crippen LogP contribution in [-0.2, 0) is 13.1 Å². The highest BCUT2D eigenvalue weighted by Gasteiger charge is 2.08. The third-order valence-electron chi connectivity index (χ3n) is 4.28. The van der Waals surface area contributed by atoms with E-state index in [1.807, 2.05) is 36.0 Å². The largest absolute Gasteiger partial charge is 0.357 e. The lowest BCUT2D eigenvalue weighted by atomic mass is 10.2. The first-order valence-electron chi connectivity index (χ1n) is 9.64. The molecule has 0 amide bonds. The number of thiazole rings is 1. The van der Waals surface area contributed by atoms with Gasteiger partial charge >= 0.3 is 0 Å². The standard InChI is InChI=1S/C21H28N6S/c1-5-22-21(24-13-20-25-18(14-28-20)15(2)3)23-12-17-8-6-7-9-19(17)27-11-10-16(4)26-27/h6-11,14-15H,5,12-13H2,1-4H3,(H2,22,23,24). The van der Waals surface area contributed by atoms with E-state index in [9.17, 15) is 0 Å². The quantitative estimate of drug-likeness (QED) is 0.468. The molecule has 0 bridgehead atoms. The molecule has 0 spiro atoms. The van der Waals surface area contributed by atoms with Crippen molar-refractivity contribution in [3.05, 3.63) is 63.9 Å². The second kappa shape index (κ2) is 9.50. The van der Waals surface area contributed by atoms with Crippen molar-refractivity contribution in [3.63, 3.8) is 0 Å². The molecule has 6 nitrogen and oxygen atoms in total. The van der Waals surface area contributed by atoms with E-state index >= 15 is 0 Å². The van der Waals surface area contributed by atoms with Gasteiger partial charge in [0.1, 0.15) is 5.01 Å². The summed E-state index contributed by atoms with van der Waals surface area (Å²) in [5.74, 6) is 1.24. The first-order valence-corrected chi connectivity index (χ1v) is 10.5. The molecule has 0 unspecified atom stereocenters. The van der Waals surface area contributed by atoms with Gasteiger partial charge < -0.3 is 10.6 Å². The monoisotopic (exact) mass is 396 g/mol. The normalized spacial score (nSPS) is 11.8. The van der Waals surface area contributed by atoms with Gasteiger partial charge in [0.05, 0.1) is 30.2 Å². The first-order chi connectivity index (χ1) is 13.6. The number of aliphatic imine (C=N–C) groups is 1. The van der Waals surface area contributed by atoms with E-state index in [0.29, 0.717) is 19.0 Å². The van der Waals surface area contributed by atoms with E-state index in [1.165, 1.54) is 0 Å². The molecule has 2 heterocycles. The van der Waals surface area contributed by atoms with Gasteiger partial charge in [-0.2, -0.15) is 5.10 Å². The maximum absolute atomic E-state index is 4.76. The van der Waals surface area contributed by atoms with Gasteiger partial charge in [0.15, 0.2) is 5.96 Å². The molecular weight excluding hydrogens is 368 g/mol. The van der Waals surface area contributed by atoms with Crippen LogP contribution < -0.4 is 10.6 Å². The lowest BCUT2D eigenvalue weighted by Crippen LogP contribution is -2.36. The Labute approximate surface area is 170 Å². The second-order valence-electron chi connectivity index (χ2n) is 6.90. The zero-order chi connectivity index (χ0) is 19.9. The number of benzene rings is 1. The van der Waals surface area contributed by atoms with Gasteiger partial charge in [0.2, 0.25) is 0 Å². The summed E-state index contributed by atoms with van der Waals surface area (Å²) in [4.78, 5) is 9.44. The number of hydrogen-bond acceptors (Lipinski definition) is 4. The highest BCUT2D eigenvalue weighted by molar-refractivity contribution is 7.09. The van der Waals surface area contributed by atoms with Crippen molar-refractivity contribution in [1.82, 2.24) is 25.4 Å². The Bertz CT molecular complexity index is 924. The van der Waals surface area contributed by atoms with Gasteiger partial charge in [-0.05, 0) is 37.5 Å². The maximum atomic E-state index is 4.76. The van der Waals surface area contributed by atoms with Crippen molar-refractivity contribution in [2.75, 3.05) is 6.54 Å². The minimum Gasteiger partial charge on any atom is -0.357 e. The first kappa shape index (κ1) is 20.1. The molecule has 0 aliphatic heterocycles. The van der Waals surface area contributed by atoms with Gasteiger partial charge in [-0.25, -0.2) is 14.7 Å². The van der Waals surface area contributed by atoms with Crippen molar-refractivity contribution in [3.8, 4) is 5.69 Å². The van der Waals surface area contributed by atoms with E-state index in [-0.39, 0.29) is 0 Å². The van der Waals surface area contributed by atoms with Crippen LogP contribution in [0.15, 0.2) is 46.9 Å². The zero-order valence-corrected chi connectivity index (χ0v) is 17.8. The molecule has 2 N–H and O–H groups in total. The van der Waals surface area contributed by atoms with Gasteiger partial charge in [-0.15, -0.1) is 11.3 Å². The summed E-state index contributed by atoms with van der Waals surface area (Å²) in [6.45, 7) is 10.4. The van der Waals surface area contributed by atoms with Crippen molar-refractivity contribution < 1.29 is 0 Å². The Balaban J connectivity index is 1.71. The van der Waals surface area contributed by atoms with Crippen molar-refractivity contribution in [2.45, 2.75) is 46.7 Å². The summed E-state index contributed by atoms with van der Waals surface area (Å²) in [5.41, 5.74) is 4.32. The topological polar surface area (TPSA) is 67.1 Å². The SMILES string of the molecule is CCNC(=NCc1ccccc1-n1ccc(C)n1)NCc1nc(C(C)C)cs1. The third kappa shape index (κ3) is 5.19. The minimum atomic E-state index is 0.453. The molecule has 0 fully saturated rings. The van der Waals surface area contributed by atoms with Crippen LogP contribution in [0.3, 0.4) is 0 Å². The number of aryl methyl sites for hydroxylation is 1. The molecule has 3 aromatic rings. The Morgan fingerprint density at radius 3 is 2.71 bits per heavy atom. The van der Waals surface area contributed by atoms with Crippen LogP contribution in [-0.4, -0.2) is 27.3 Å². The fourth-order valence-electron chi connectivity index (χ4n) is 2.75. The highest BCUT2D eigenvalue weighted by Crippen LogP contribution is 2.18. The smallest absolute Gasteiger partial charge is 0.191 e. The van der Waals surface area contributed by atoms with E-state index in [1.54, 1.807) is 11.3 Å². The summed E-state index contributed by atoms with van der Waals surface area (Å²) in [7, 11) is 0. The molecule has 3 rings (SSSR count). The summed E-state index contributed by atoms with van der Waals surface area (Å²) in [5, 5.41) is 14.4. The van der Waals surface area contributed by atoms with Crippen molar-refractivity contribution in [1.29, 1.82) is 0 Å². The van der Waals surface area contributed by atoms with Gasteiger partial charge in [-0.1, -0.05) is 32.0 Å². The van der Waals surface area contributed by atoms with Gasteiger partial charge in [-0.3, -0.25) is 0 Å². The fraction of sp³-hybridized carbons (Fsp3) is 0.381. The van der Waals surface area contributed by atoms with E-state index < -0.39 is 0 Å². The van der Waals surface area contributed by atoms with E-state index in [0.717, 1.165) is 40.2 Å². The maximum Gasteiger partial charge on any atom is 0.191 e. The average Bonchev–Trinajstić information content (AvgIpc) is 3.33. The zero-order valence-electron chi connectivity index (χ0n) is 16.9. The van der Waals surface area contributed by atoms with Crippen molar-refractivity contribution in [2.24, 2.45) is 4.99 Å². The van der Waals surface area contributed by atoms with Gasteiger partial charge in [0.25, 0.3) is 0 Å². The molecule has 0 aliphatic rings. The van der Waals surface area contributed by atoms with Crippen LogP contribution in [0.1, 0.15) is 48.6 Å². The molecular formula is C21H28N6S. The number of para-hydroxylation sites is 1. The van der Waals surface area contributed by atoms with E-state index in [4.69, 9.17) is 4.99 Å². The van der Waals surface area contributed by atoms with Crippen LogP contribution in [0, 0.1) is 6.92 Å². The molecule has 148 valence electrons. The predicted molar refractivity (Wildman–Crippen MR) is 116 cm³/mol. The molecule has 0 aliphatic carbocycles. The molecule has 2 aromatic heterocycles. The number of nitrogens with one attached hydrogen (secondary N) is 2. The average molecular weight is 397 g/mol. The summed E-state index contributed by atoms with van der Waals surface area (Å²) in [6, 6.07) is 10.2. The summed E-state index contributed by atoms with van der Waals surface area (Å²) >= 11 is 1.69. The lowest BCUT2D eigenvalue weighted by molar-refractivity contribution is 0.786. The molecule has 1 aromatic carbocycles. The molecule has 0 saturated carbocycles. The van der Waals surface area contributed by atoms with Crippen molar-refractivity contribution >= 4 is 17.3 Å². The summed E-state index contributed by atoms with van der Waals surface area (Å²) in [6.07, 6.45) is 1.98. The number of guanidine groups is 1. The predicted octanol–water partition coefficient (Wildman–Crippen LogP) is 4.02. The molecule has 0 radical (unpaired) electrons. The number of rotatable bonds is 7. The summed E-state index contributed by atoms with van der Waals surface area (Å²) < 4.78 is 1.91. The number of nitrogens with zero attached hydrogens (tertiary/aromatic N) is 4. The van der Waals surface area contributed by atoms with Crippen LogP contribution in [0.5, 0.6) is 0 Å². The Kier molecular flexibility index (Phi) is 6.81. The number of hydrogen-bond donors (Lipinski definition) is 2. The highest BCUT2D eigenvalue weighted by atomic mass is 32.1. The Morgan fingerprint density at radius 2 is 2.04 bits per heavy atom. The molecule has 7 heteroatoms. The number of aromatic nitrogens is 3. The third-order valence-corrected chi connectivity index (χ3v) is 5.15. The Hall–Kier alpha value is -2.67. The minimum absolute atomic E-state index is 0.453. The van der Waals surface area contributed by atoms with Crippen LogP contribution >= 0.6 is 11.3 Å². The van der Waals surface area contributed by atoms with Crippen LogP contribution in [0.4, 0.5) is 0 Å². The van der Waals surface area contributed by atoms with Crippen LogP contribution in [0.25, 0.3) is 5.69 Å². The van der Waals surface area contributed by atoms with Crippen LogP contribution in [0.2, 0.25) is 0 Å². The molecule has 0 saturated heterocycles. The second-order valence-corrected chi connectivity index (χ2v) is 7.84. The Morgan fingerprint density at radius 1 is 1.21 bits per heavy atom. The molecule has 28 heavy (non-hydrogen) atoms. The molecule has 0 atom stereocenters. The lowest BCUT2D eigenvalue weighted by Gasteiger charge is -2.12. The van der Waals surface area contributed by atoms with Gasteiger partial charge in [0, 0.05) is 18.1 Å². The van der Waals surface area contributed by atoms with E-state index in [2.05, 4.69) is 59.0 Å². The fourth-order valence-corrected chi connectivity index (χ4v) is 3.65.